The molecule has 0 aromatic carbocycles. The van der Waals surface area contributed by atoms with Crippen molar-refractivity contribution in [3.05, 3.63) is 0 Å². The topological polar surface area (TPSA) is 71.1 Å². The summed E-state index contributed by atoms with van der Waals surface area (Å²) in [4.78, 5) is 2.01. The lowest BCUT2D eigenvalue weighted by Gasteiger charge is -2.31. The molecule has 1 rings (SSSR count). The monoisotopic (exact) mass is 269 g/mol. The van der Waals surface area contributed by atoms with E-state index in [0.29, 0.717) is 6.54 Å². The van der Waals surface area contributed by atoms with Crippen LogP contribution in [0.25, 0.3) is 0 Å². The molecule has 106 valence electrons. The minimum Gasteiger partial charge on any atom is -0.409 e. The number of amidine groups is 1. The summed E-state index contributed by atoms with van der Waals surface area (Å²) in [5.41, 5.74) is 5.49. The zero-order valence-electron chi connectivity index (χ0n) is 9.99. The van der Waals surface area contributed by atoms with Crippen LogP contribution in [-0.2, 0) is 4.74 Å². The highest BCUT2D eigenvalue weighted by molar-refractivity contribution is 5.82. The first-order valence-electron chi connectivity index (χ1n) is 5.76. The summed E-state index contributed by atoms with van der Waals surface area (Å²) in [6, 6.07) is 0. The number of oxime groups is 1. The summed E-state index contributed by atoms with van der Waals surface area (Å²) >= 11 is 0. The van der Waals surface area contributed by atoms with Crippen molar-refractivity contribution < 1.29 is 23.1 Å². The van der Waals surface area contributed by atoms with Crippen LogP contribution in [0.3, 0.4) is 0 Å². The summed E-state index contributed by atoms with van der Waals surface area (Å²) in [6.07, 6.45) is -2.77. The molecule has 1 aliphatic heterocycles. The molecule has 0 aromatic rings. The number of piperidine rings is 1. The predicted molar refractivity (Wildman–Crippen MR) is 59.4 cm³/mol. The second-order valence-electron chi connectivity index (χ2n) is 4.31. The largest absolute Gasteiger partial charge is 0.411 e. The average Bonchev–Trinajstić information content (AvgIpc) is 2.33. The Labute approximate surface area is 103 Å². The maximum Gasteiger partial charge on any atom is 0.411 e. The molecular formula is C10H18F3N3O2. The number of nitrogens with two attached hydrogens (primary N) is 1. The van der Waals surface area contributed by atoms with Crippen molar-refractivity contribution in [3.8, 4) is 0 Å². The molecule has 1 heterocycles. The second kappa shape index (κ2) is 6.79. The SMILES string of the molecule is NC(=NO)C1CCN(CCOCC(F)(F)F)CC1. The minimum atomic E-state index is -4.26. The van der Waals surface area contributed by atoms with Crippen molar-refractivity contribution in [3.63, 3.8) is 0 Å². The van der Waals surface area contributed by atoms with Gasteiger partial charge in [0.2, 0.25) is 0 Å². The molecule has 0 unspecified atom stereocenters. The molecule has 0 aromatic heterocycles. The Morgan fingerprint density at radius 3 is 2.50 bits per heavy atom. The van der Waals surface area contributed by atoms with Gasteiger partial charge in [-0.2, -0.15) is 13.2 Å². The van der Waals surface area contributed by atoms with Crippen LogP contribution in [0.4, 0.5) is 13.2 Å². The van der Waals surface area contributed by atoms with Gasteiger partial charge in [0.05, 0.1) is 6.61 Å². The molecule has 0 radical (unpaired) electrons. The average molecular weight is 269 g/mol. The number of likely N-dealkylation sites (tertiary alicyclic amines) is 1. The van der Waals surface area contributed by atoms with Crippen LogP contribution in [-0.4, -0.2) is 55.0 Å². The number of rotatable bonds is 5. The van der Waals surface area contributed by atoms with Gasteiger partial charge in [-0.25, -0.2) is 0 Å². The molecule has 0 saturated carbocycles. The summed E-state index contributed by atoms with van der Waals surface area (Å²) in [5, 5.41) is 11.5. The fourth-order valence-electron chi connectivity index (χ4n) is 1.92. The molecule has 5 nitrogen and oxygen atoms in total. The molecule has 3 N–H and O–H groups in total. The number of nitrogens with zero attached hydrogens (tertiary/aromatic N) is 2. The molecule has 0 spiro atoms. The number of halogens is 3. The van der Waals surface area contributed by atoms with Crippen LogP contribution < -0.4 is 5.73 Å². The first kappa shape index (κ1) is 15.0. The van der Waals surface area contributed by atoms with E-state index >= 15 is 0 Å². The highest BCUT2D eigenvalue weighted by Crippen LogP contribution is 2.17. The molecular weight excluding hydrogens is 251 g/mol. The van der Waals surface area contributed by atoms with E-state index in [2.05, 4.69) is 9.89 Å². The van der Waals surface area contributed by atoms with Gasteiger partial charge in [0.1, 0.15) is 12.4 Å². The summed E-state index contributed by atoms with van der Waals surface area (Å²) in [5.74, 6) is 0.283. The molecule has 18 heavy (non-hydrogen) atoms. The van der Waals surface area contributed by atoms with Crippen LogP contribution in [0.2, 0.25) is 0 Å². The van der Waals surface area contributed by atoms with Gasteiger partial charge in [-0.05, 0) is 25.9 Å². The standard InChI is InChI=1S/C10H18F3N3O2/c11-10(12,13)7-18-6-5-16-3-1-8(2-4-16)9(14)15-17/h8,17H,1-7H2,(H2,14,15). The fraction of sp³-hybridized carbons (Fsp3) is 0.900. The summed E-state index contributed by atoms with van der Waals surface area (Å²) < 4.78 is 40.0. The Kier molecular flexibility index (Phi) is 5.67. The lowest BCUT2D eigenvalue weighted by atomic mass is 9.96. The van der Waals surface area contributed by atoms with E-state index in [-0.39, 0.29) is 18.4 Å². The Bertz CT molecular complexity index is 276. The Morgan fingerprint density at radius 2 is 2.00 bits per heavy atom. The number of ether oxygens (including phenoxy) is 1. The van der Waals surface area contributed by atoms with Gasteiger partial charge < -0.3 is 20.6 Å². The molecule has 0 bridgehead atoms. The van der Waals surface area contributed by atoms with Crippen LogP contribution in [0, 0.1) is 5.92 Å². The summed E-state index contributed by atoms with van der Waals surface area (Å²) in [7, 11) is 0. The Balaban J connectivity index is 2.13. The molecule has 8 heteroatoms. The van der Waals surface area contributed by atoms with Gasteiger partial charge in [0.25, 0.3) is 0 Å². The van der Waals surface area contributed by atoms with E-state index < -0.39 is 12.8 Å². The lowest BCUT2D eigenvalue weighted by Crippen LogP contribution is -2.40. The van der Waals surface area contributed by atoms with Crippen molar-refractivity contribution in [2.75, 3.05) is 32.8 Å². The summed E-state index contributed by atoms with van der Waals surface area (Å²) in [6.45, 7) is 0.771. The van der Waals surface area contributed by atoms with Crippen molar-refractivity contribution >= 4 is 5.84 Å². The van der Waals surface area contributed by atoms with Gasteiger partial charge in [0, 0.05) is 12.5 Å². The maximum atomic E-state index is 11.8. The molecule has 1 fully saturated rings. The third-order valence-electron chi connectivity index (χ3n) is 2.94. The third kappa shape index (κ3) is 5.54. The number of hydrogen-bond donors (Lipinski definition) is 2. The molecule has 0 aliphatic carbocycles. The van der Waals surface area contributed by atoms with Crippen LogP contribution in [0.5, 0.6) is 0 Å². The second-order valence-corrected chi connectivity index (χ2v) is 4.31. The maximum absolute atomic E-state index is 11.8. The Hall–Kier alpha value is -1.02. The van der Waals surface area contributed by atoms with E-state index in [9.17, 15) is 13.2 Å². The van der Waals surface area contributed by atoms with Crippen molar-refractivity contribution in [1.29, 1.82) is 0 Å². The van der Waals surface area contributed by atoms with Crippen molar-refractivity contribution in [1.82, 2.24) is 4.90 Å². The zero-order chi connectivity index (χ0) is 13.6. The fourth-order valence-corrected chi connectivity index (χ4v) is 1.92. The van der Waals surface area contributed by atoms with Gasteiger partial charge in [-0.15, -0.1) is 0 Å². The lowest BCUT2D eigenvalue weighted by molar-refractivity contribution is -0.174. The molecule has 1 aliphatic rings. The zero-order valence-corrected chi connectivity index (χ0v) is 9.99. The van der Waals surface area contributed by atoms with Crippen LogP contribution in [0.15, 0.2) is 5.16 Å². The highest BCUT2D eigenvalue weighted by atomic mass is 19.4. The first-order chi connectivity index (χ1) is 8.42. The van der Waals surface area contributed by atoms with Crippen LogP contribution in [0.1, 0.15) is 12.8 Å². The Morgan fingerprint density at radius 1 is 1.39 bits per heavy atom. The first-order valence-corrected chi connectivity index (χ1v) is 5.76. The molecule has 0 atom stereocenters. The van der Waals surface area contributed by atoms with Gasteiger partial charge in [-0.1, -0.05) is 5.16 Å². The van der Waals surface area contributed by atoms with Crippen LogP contribution >= 0.6 is 0 Å². The smallest absolute Gasteiger partial charge is 0.409 e. The van der Waals surface area contributed by atoms with Gasteiger partial charge >= 0.3 is 6.18 Å². The van der Waals surface area contributed by atoms with E-state index in [1.54, 1.807) is 0 Å². The number of alkyl halides is 3. The third-order valence-corrected chi connectivity index (χ3v) is 2.94. The van der Waals surface area contributed by atoms with Gasteiger partial charge in [-0.3, -0.25) is 0 Å². The van der Waals surface area contributed by atoms with E-state index in [1.165, 1.54) is 0 Å². The molecule has 0 amide bonds. The van der Waals surface area contributed by atoms with E-state index in [1.807, 2.05) is 4.90 Å². The highest BCUT2D eigenvalue weighted by Gasteiger charge is 2.27. The predicted octanol–water partition coefficient (Wildman–Crippen LogP) is 1.02. The molecule has 1 saturated heterocycles. The normalized spacial score (nSPS) is 20.3. The van der Waals surface area contributed by atoms with Crippen molar-refractivity contribution in [2.24, 2.45) is 16.8 Å². The van der Waals surface area contributed by atoms with E-state index in [0.717, 1.165) is 25.9 Å². The van der Waals surface area contributed by atoms with E-state index in [4.69, 9.17) is 10.9 Å². The number of hydrogen-bond acceptors (Lipinski definition) is 4. The minimum absolute atomic E-state index is 0.0577. The van der Waals surface area contributed by atoms with Gasteiger partial charge in [0.15, 0.2) is 0 Å². The quantitative estimate of drug-likeness (QED) is 0.257. The van der Waals surface area contributed by atoms with Crippen molar-refractivity contribution in [2.45, 2.75) is 19.0 Å².